The average Bonchev–Trinajstić information content (AvgIpc) is 3.17. The number of carbonyl (C=O) groups is 1. The van der Waals surface area contributed by atoms with E-state index in [2.05, 4.69) is 5.10 Å². The van der Waals surface area contributed by atoms with Gasteiger partial charge in [0.1, 0.15) is 5.69 Å². The monoisotopic (exact) mass is 381 g/mol. The maximum absolute atomic E-state index is 13.3. The van der Waals surface area contributed by atoms with Crippen LogP contribution in [0.2, 0.25) is 5.02 Å². The Morgan fingerprint density at radius 1 is 1.11 bits per heavy atom. The van der Waals surface area contributed by atoms with Gasteiger partial charge in [0.15, 0.2) is 0 Å². The van der Waals surface area contributed by atoms with Crippen LogP contribution in [-0.4, -0.2) is 40.8 Å². The lowest BCUT2D eigenvalue weighted by atomic mass is 9.99. The number of benzene rings is 2. The minimum atomic E-state index is -0.197. The minimum Gasteiger partial charge on any atom is -0.383 e. The van der Waals surface area contributed by atoms with Gasteiger partial charge in [-0.25, -0.2) is 4.68 Å². The van der Waals surface area contributed by atoms with Crippen LogP contribution in [0.3, 0.4) is 0 Å². The molecule has 5 nitrogen and oxygen atoms in total. The van der Waals surface area contributed by atoms with Crippen LogP contribution in [-0.2, 0) is 4.74 Å². The maximum atomic E-state index is 13.3. The Balaban J connectivity index is 1.87. The number of para-hydroxylation sites is 1. The molecular formula is C21H20ClN3O2. The number of hydrogen-bond donors (Lipinski definition) is 0. The molecule has 1 atom stereocenters. The minimum absolute atomic E-state index is 0.0357. The van der Waals surface area contributed by atoms with Crippen molar-refractivity contribution >= 4 is 17.5 Å². The molecule has 2 heterocycles. The van der Waals surface area contributed by atoms with Crippen molar-refractivity contribution in [3.05, 3.63) is 82.1 Å². The van der Waals surface area contributed by atoms with Crippen LogP contribution < -0.4 is 0 Å². The Hall–Kier alpha value is -2.63. The normalized spacial score (nSPS) is 16.0. The number of aromatic nitrogens is 2. The predicted octanol–water partition coefficient (Wildman–Crippen LogP) is 4.03. The molecule has 3 aromatic rings. The van der Waals surface area contributed by atoms with Gasteiger partial charge in [-0.05, 0) is 36.8 Å². The summed E-state index contributed by atoms with van der Waals surface area (Å²) in [5.41, 5.74) is 4.30. The molecule has 1 amide bonds. The molecule has 0 N–H and O–H groups in total. The molecule has 0 aliphatic carbocycles. The first-order chi connectivity index (χ1) is 13.1. The lowest BCUT2D eigenvalue weighted by molar-refractivity contribution is 0.0674. The van der Waals surface area contributed by atoms with Gasteiger partial charge in [0.2, 0.25) is 0 Å². The highest BCUT2D eigenvalue weighted by Crippen LogP contribution is 2.41. The standard InChI is InChI=1S/C21H20ClN3O2/c1-14-18-19(15-8-10-16(22)11-9-15)24(12-13-27-2)21(26)20(18)25(23-14)17-6-4-3-5-7-17/h3-11,19H,12-13H2,1-2H3/t19-/m0/s1. The van der Waals surface area contributed by atoms with Crippen LogP contribution in [0.4, 0.5) is 0 Å². The molecular weight excluding hydrogens is 362 g/mol. The molecule has 0 saturated carbocycles. The predicted molar refractivity (Wildman–Crippen MR) is 105 cm³/mol. The van der Waals surface area contributed by atoms with E-state index in [0.29, 0.717) is 23.9 Å². The smallest absolute Gasteiger partial charge is 0.273 e. The van der Waals surface area contributed by atoms with Crippen molar-refractivity contribution in [2.75, 3.05) is 20.3 Å². The number of carbonyl (C=O) groups excluding carboxylic acids is 1. The summed E-state index contributed by atoms with van der Waals surface area (Å²) in [5, 5.41) is 5.34. The highest BCUT2D eigenvalue weighted by molar-refractivity contribution is 6.30. The van der Waals surface area contributed by atoms with Crippen LogP contribution >= 0.6 is 11.6 Å². The molecule has 0 unspecified atom stereocenters. The van der Waals surface area contributed by atoms with Gasteiger partial charge >= 0.3 is 0 Å². The van der Waals surface area contributed by atoms with E-state index in [4.69, 9.17) is 16.3 Å². The lowest BCUT2D eigenvalue weighted by Gasteiger charge is -2.26. The molecule has 0 fully saturated rings. The molecule has 2 aromatic carbocycles. The Morgan fingerprint density at radius 2 is 1.81 bits per heavy atom. The van der Waals surface area contributed by atoms with Crippen LogP contribution in [0.15, 0.2) is 54.6 Å². The number of amides is 1. The van der Waals surface area contributed by atoms with E-state index in [9.17, 15) is 4.79 Å². The summed E-state index contributed by atoms with van der Waals surface area (Å²) in [5.74, 6) is -0.0357. The van der Waals surface area contributed by atoms with Gasteiger partial charge in [-0.1, -0.05) is 41.9 Å². The van der Waals surface area contributed by atoms with E-state index in [1.165, 1.54) is 0 Å². The quantitative estimate of drug-likeness (QED) is 0.670. The zero-order valence-electron chi connectivity index (χ0n) is 15.2. The first-order valence-electron chi connectivity index (χ1n) is 8.82. The van der Waals surface area contributed by atoms with Crippen LogP contribution in [0.25, 0.3) is 5.69 Å². The van der Waals surface area contributed by atoms with Crippen molar-refractivity contribution < 1.29 is 9.53 Å². The van der Waals surface area contributed by atoms with Crippen LogP contribution in [0.5, 0.6) is 0 Å². The van der Waals surface area contributed by atoms with Gasteiger partial charge in [0.25, 0.3) is 5.91 Å². The summed E-state index contributed by atoms with van der Waals surface area (Å²) in [6, 6.07) is 17.2. The third-order valence-electron chi connectivity index (χ3n) is 4.88. The number of ether oxygens (including phenoxy) is 1. The third kappa shape index (κ3) is 3.03. The van der Waals surface area contributed by atoms with Gasteiger partial charge in [-0.15, -0.1) is 0 Å². The summed E-state index contributed by atoms with van der Waals surface area (Å²) in [6.45, 7) is 2.93. The number of fused-ring (bicyclic) bond motifs is 1. The molecule has 6 heteroatoms. The zero-order valence-corrected chi connectivity index (χ0v) is 16.0. The van der Waals surface area contributed by atoms with E-state index in [0.717, 1.165) is 22.5 Å². The molecule has 138 valence electrons. The number of halogens is 1. The van der Waals surface area contributed by atoms with Crippen molar-refractivity contribution in [2.45, 2.75) is 13.0 Å². The molecule has 1 aliphatic heterocycles. The molecule has 0 bridgehead atoms. The number of aryl methyl sites for hydroxylation is 1. The van der Waals surface area contributed by atoms with E-state index >= 15 is 0 Å². The SMILES string of the molecule is COCCN1C(=O)c2c(c(C)nn2-c2ccccc2)[C@@H]1c1ccc(Cl)cc1. The van der Waals surface area contributed by atoms with Crippen molar-refractivity contribution in [2.24, 2.45) is 0 Å². The molecule has 1 aliphatic rings. The third-order valence-corrected chi connectivity index (χ3v) is 5.13. The van der Waals surface area contributed by atoms with E-state index in [1.54, 1.807) is 11.8 Å². The average molecular weight is 382 g/mol. The van der Waals surface area contributed by atoms with Crippen molar-refractivity contribution in [3.8, 4) is 5.69 Å². The molecule has 0 spiro atoms. The Morgan fingerprint density at radius 3 is 2.48 bits per heavy atom. The van der Waals surface area contributed by atoms with Crippen LogP contribution in [0, 0.1) is 6.92 Å². The number of rotatable bonds is 5. The Labute approximate surface area is 163 Å². The van der Waals surface area contributed by atoms with Crippen LogP contribution in [0.1, 0.15) is 33.4 Å². The molecule has 0 radical (unpaired) electrons. The summed E-state index contributed by atoms with van der Waals surface area (Å²) in [6.07, 6.45) is 0. The van der Waals surface area contributed by atoms with Crippen molar-refractivity contribution in [1.29, 1.82) is 0 Å². The van der Waals surface area contributed by atoms with Crippen molar-refractivity contribution in [3.63, 3.8) is 0 Å². The summed E-state index contributed by atoms with van der Waals surface area (Å²) >= 11 is 6.07. The van der Waals surface area contributed by atoms with E-state index in [1.807, 2.05) is 66.4 Å². The molecule has 1 aromatic heterocycles. The zero-order chi connectivity index (χ0) is 19.0. The highest BCUT2D eigenvalue weighted by atomic mass is 35.5. The van der Waals surface area contributed by atoms with Gasteiger partial charge < -0.3 is 9.64 Å². The number of methoxy groups -OCH3 is 1. The molecule has 4 rings (SSSR count). The maximum Gasteiger partial charge on any atom is 0.273 e. The highest BCUT2D eigenvalue weighted by Gasteiger charge is 2.42. The Bertz CT molecular complexity index is 967. The summed E-state index contributed by atoms with van der Waals surface area (Å²) in [7, 11) is 1.64. The molecule has 27 heavy (non-hydrogen) atoms. The van der Waals surface area contributed by atoms with Gasteiger partial charge in [0.05, 0.1) is 24.0 Å². The van der Waals surface area contributed by atoms with E-state index < -0.39 is 0 Å². The summed E-state index contributed by atoms with van der Waals surface area (Å²) < 4.78 is 6.99. The number of nitrogens with zero attached hydrogens (tertiary/aromatic N) is 3. The first kappa shape index (κ1) is 17.8. The molecule has 0 saturated heterocycles. The van der Waals surface area contributed by atoms with Gasteiger partial charge in [-0.2, -0.15) is 5.10 Å². The second-order valence-electron chi connectivity index (χ2n) is 6.54. The largest absolute Gasteiger partial charge is 0.383 e. The van der Waals surface area contributed by atoms with Crippen molar-refractivity contribution in [1.82, 2.24) is 14.7 Å². The van der Waals surface area contributed by atoms with Gasteiger partial charge in [0, 0.05) is 24.2 Å². The first-order valence-corrected chi connectivity index (χ1v) is 9.20. The lowest BCUT2D eigenvalue weighted by Crippen LogP contribution is -2.33. The Kier molecular flexibility index (Phi) is 4.72. The fraction of sp³-hybridized carbons (Fsp3) is 0.238. The summed E-state index contributed by atoms with van der Waals surface area (Å²) in [4.78, 5) is 15.2. The number of hydrogen-bond acceptors (Lipinski definition) is 3. The second-order valence-corrected chi connectivity index (χ2v) is 6.98. The van der Waals surface area contributed by atoms with Gasteiger partial charge in [-0.3, -0.25) is 4.79 Å². The topological polar surface area (TPSA) is 47.4 Å². The second kappa shape index (κ2) is 7.18. The fourth-order valence-corrected chi connectivity index (χ4v) is 3.78. The van der Waals surface area contributed by atoms with E-state index in [-0.39, 0.29) is 11.9 Å². The fourth-order valence-electron chi connectivity index (χ4n) is 3.65.